The number of carbonyl (C=O) groups excluding carboxylic acids is 2. The van der Waals surface area contributed by atoms with E-state index < -0.39 is 0 Å². The summed E-state index contributed by atoms with van der Waals surface area (Å²) in [6, 6.07) is 17.9. The van der Waals surface area contributed by atoms with Crippen LogP contribution in [0.1, 0.15) is 31.3 Å². The first-order chi connectivity index (χ1) is 15.0. The van der Waals surface area contributed by atoms with E-state index >= 15 is 0 Å². The van der Waals surface area contributed by atoms with Crippen molar-refractivity contribution < 1.29 is 9.59 Å². The molecule has 7 heteroatoms. The van der Waals surface area contributed by atoms with Crippen molar-refractivity contribution in [2.24, 2.45) is 0 Å². The molecule has 0 saturated carbocycles. The van der Waals surface area contributed by atoms with Gasteiger partial charge in [0.15, 0.2) is 0 Å². The van der Waals surface area contributed by atoms with Crippen molar-refractivity contribution in [3.05, 3.63) is 66.0 Å². The first kappa shape index (κ1) is 21.1. The summed E-state index contributed by atoms with van der Waals surface area (Å²) in [5.41, 5.74) is 3.03. The second kappa shape index (κ2) is 9.31. The van der Waals surface area contributed by atoms with Gasteiger partial charge >= 0.3 is 0 Å². The van der Waals surface area contributed by atoms with Gasteiger partial charge < -0.3 is 14.8 Å². The maximum Gasteiger partial charge on any atom is 0.242 e. The second-order valence-corrected chi connectivity index (χ2v) is 8.11. The van der Waals surface area contributed by atoms with Crippen LogP contribution in [0, 0.1) is 0 Å². The number of rotatable bonds is 6. The molecule has 7 nitrogen and oxygen atoms in total. The lowest BCUT2D eigenvalue weighted by molar-refractivity contribution is -0.133. The largest absolute Gasteiger partial charge is 0.347 e. The number of piperazine rings is 1. The van der Waals surface area contributed by atoms with Gasteiger partial charge in [-0.3, -0.25) is 14.5 Å². The molecule has 1 aliphatic heterocycles. The molecule has 3 aromatic rings. The number of imidazole rings is 1. The van der Waals surface area contributed by atoms with Crippen molar-refractivity contribution in [1.82, 2.24) is 24.7 Å². The number of aromatic nitrogens is 2. The van der Waals surface area contributed by atoms with Crippen LogP contribution in [-0.4, -0.2) is 57.3 Å². The van der Waals surface area contributed by atoms with E-state index in [2.05, 4.69) is 34.5 Å². The number of hydrogen-bond donors (Lipinski definition) is 1. The second-order valence-electron chi connectivity index (χ2n) is 8.11. The third-order valence-corrected chi connectivity index (χ3v) is 5.76. The lowest BCUT2D eigenvalue weighted by Gasteiger charge is -2.35. The van der Waals surface area contributed by atoms with Gasteiger partial charge in [0.05, 0.1) is 17.1 Å². The Balaban J connectivity index is 1.44. The molecule has 1 aromatic heterocycles. The Morgan fingerprint density at radius 1 is 1.00 bits per heavy atom. The average molecular weight is 420 g/mol. The van der Waals surface area contributed by atoms with Crippen LogP contribution in [0.5, 0.6) is 0 Å². The van der Waals surface area contributed by atoms with E-state index in [1.165, 1.54) is 12.5 Å². The van der Waals surface area contributed by atoms with Gasteiger partial charge in [-0.1, -0.05) is 42.5 Å². The van der Waals surface area contributed by atoms with Crippen molar-refractivity contribution in [3.8, 4) is 0 Å². The Hall–Kier alpha value is -3.19. The zero-order valence-corrected chi connectivity index (χ0v) is 18.1. The summed E-state index contributed by atoms with van der Waals surface area (Å²) in [6.07, 6.45) is 0. The van der Waals surface area contributed by atoms with Crippen molar-refractivity contribution in [2.75, 3.05) is 26.2 Å². The molecule has 2 heterocycles. The summed E-state index contributed by atoms with van der Waals surface area (Å²) in [5.74, 6) is 0.665. The predicted molar refractivity (Wildman–Crippen MR) is 120 cm³/mol. The van der Waals surface area contributed by atoms with Gasteiger partial charge in [0.1, 0.15) is 12.4 Å². The molecule has 0 bridgehead atoms. The van der Waals surface area contributed by atoms with Crippen molar-refractivity contribution >= 4 is 22.8 Å². The predicted octanol–water partition coefficient (Wildman–Crippen LogP) is 2.58. The van der Waals surface area contributed by atoms with Gasteiger partial charge in [-0.05, 0) is 24.6 Å². The number of hydrogen-bond acceptors (Lipinski definition) is 4. The van der Waals surface area contributed by atoms with E-state index in [1.807, 2.05) is 46.7 Å². The Morgan fingerprint density at radius 2 is 1.68 bits per heavy atom. The normalized spacial score (nSPS) is 15.7. The highest BCUT2D eigenvalue weighted by Crippen LogP contribution is 2.21. The van der Waals surface area contributed by atoms with Crippen molar-refractivity contribution in [1.29, 1.82) is 0 Å². The van der Waals surface area contributed by atoms with Gasteiger partial charge in [-0.15, -0.1) is 0 Å². The number of para-hydroxylation sites is 2. The highest BCUT2D eigenvalue weighted by Gasteiger charge is 2.24. The fraction of sp³-hybridized carbons (Fsp3) is 0.375. The number of fused-ring (bicyclic) bond motifs is 1. The third-order valence-electron chi connectivity index (χ3n) is 5.76. The topological polar surface area (TPSA) is 70.5 Å². The van der Waals surface area contributed by atoms with Crippen LogP contribution in [-0.2, 0) is 22.7 Å². The summed E-state index contributed by atoms with van der Waals surface area (Å²) < 4.78 is 1.94. The first-order valence-electron chi connectivity index (χ1n) is 10.8. The van der Waals surface area contributed by atoms with Crippen LogP contribution >= 0.6 is 0 Å². The average Bonchev–Trinajstić information content (AvgIpc) is 3.13. The Labute approximate surface area is 182 Å². The van der Waals surface area contributed by atoms with Gasteiger partial charge in [0.2, 0.25) is 11.8 Å². The fourth-order valence-electron chi connectivity index (χ4n) is 4.19. The Morgan fingerprint density at radius 3 is 2.39 bits per heavy atom. The van der Waals surface area contributed by atoms with E-state index in [-0.39, 0.29) is 24.4 Å². The Kier molecular flexibility index (Phi) is 6.32. The molecule has 31 heavy (non-hydrogen) atoms. The fourth-order valence-corrected chi connectivity index (χ4v) is 4.19. The standard InChI is InChI=1S/C24H29N5O2/c1-18(25-19(2)30)24-26-21-10-6-7-11-22(21)29(24)17-23(31)28-14-12-27(13-15-28)16-20-8-4-3-5-9-20/h3-11,18H,12-17H2,1-2H3,(H,25,30). The Bertz CT molecular complexity index is 1050. The summed E-state index contributed by atoms with van der Waals surface area (Å²) in [4.78, 5) is 33.7. The molecule has 1 N–H and O–H groups in total. The van der Waals surface area contributed by atoms with Crippen LogP contribution < -0.4 is 5.32 Å². The maximum absolute atomic E-state index is 13.1. The molecule has 1 atom stereocenters. The van der Waals surface area contributed by atoms with Crippen molar-refractivity contribution in [2.45, 2.75) is 33.0 Å². The molecule has 1 saturated heterocycles. The van der Waals surface area contributed by atoms with Gasteiger partial charge in [0.25, 0.3) is 0 Å². The van der Waals surface area contributed by atoms with E-state index in [1.54, 1.807) is 0 Å². The highest BCUT2D eigenvalue weighted by atomic mass is 16.2. The lowest BCUT2D eigenvalue weighted by Crippen LogP contribution is -2.49. The van der Waals surface area contributed by atoms with E-state index in [9.17, 15) is 9.59 Å². The van der Waals surface area contributed by atoms with Gasteiger partial charge in [0, 0.05) is 39.6 Å². The molecule has 162 valence electrons. The molecule has 0 aliphatic carbocycles. The molecule has 1 unspecified atom stereocenters. The molecule has 2 aromatic carbocycles. The molecule has 1 aliphatic rings. The number of nitrogens with zero attached hydrogens (tertiary/aromatic N) is 4. The van der Waals surface area contributed by atoms with Crippen LogP contribution in [0.4, 0.5) is 0 Å². The summed E-state index contributed by atoms with van der Waals surface area (Å²) >= 11 is 0. The number of amides is 2. The summed E-state index contributed by atoms with van der Waals surface area (Å²) in [6.45, 7) is 7.67. The van der Waals surface area contributed by atoms with Gasteiger partial charge in [-0.25, -0.2) is 4.98 Å². The smallest absolute Gasteiger partial charge is 0.242 e. The molecule has 2 amide bonds. The zero-order chi connectivity index (χ0) is 21.8. The van der Waals surface area contributed by atoms with Crippen LogP contribution in [0.3, 0.4) is 0 Å². The number of nitrogens with one attached hydrogen (secondary N) is 1. The van der Waals surface area contributed by atoms with E-state index in [0.717, 1.165) is 43.8 Å². The van der Waals surface area contributed by atoms with Crippen molar-refractivity contribution in [3.63, 3.8) is 0 Å². The zero-order valence-electron chi connectivity index (χ0n) is 18.1. The maximum atomic E-state index is 13.1. The minimum Gasteiger partial charge on any atom is -0.347 e. The third kappa shape index (κ3) is 4.94. The van der Waals surface area contributed by atoms with Crippen LogP contribution in [0.25, 0.3) is 11.0 Å². The molecule has 1 fully saturated rings. The minimum absolute atomic E-state index is 0.0822. The molecule has 0 radical (unpaired) electrons. The first-order valence-corrected chi connectivity index (χ1v) is 10.8. The SMILES string of the molecule is CC(=O)NC(C)c1nc2ccccc2n1CC(=O)N1CCN(Cc2ccccc2)CC1. The van der Waals surface area contributed by atoms with Gasteiger partial charge in [-0.2, -0.15) is 0 Å². The quantitative estimate of drug-likeness (QED) is 0.667. The summed E-state index contributed by atoms with van der Waals surface area (Å²) in [5, 5.41) is 2.89. The van der Waals surface area contributed by atoms with E-state index in [0.29, 0.717) is 5.82 Å². The minimum atomic E-state index is -0.277. The number of benzene rings is 2. The summed E-state index contributed by atoms with van der Waals surface area (Å²) in [7, 11) is 0. The highest BCUT2D eigenvalue weighted by molar-refractivity contribution is 5.81. The van der Waals surface area contributed by atoms with Crippen LogP contribution in [0.2, 0.25) is 0 Å². The van der Waals surface area contributed by atoms with E-state index in [4.69, 9.17) is 4.98 Å². The van der Waals surface area contributed by atoms with Crippen LogP contribution in [0.15, 0.2) is 54.6 Å². The lowest BCUT2D eigenvalue weighted by atomic mass is 10.2. The molecule has 4 rings (SSSR count). The number of carbonyl (C=O) groups is 2. The molecular weight excluding hydrogens is 390 g/mol. The monoisotopic (exact) mass is 419 g/mol. The molecular formula is C24H29N5O2. The molecule has 0 spiro atoms.